The number of unbranched alkanes of at least 4 members (excludes halogenated alkanes) is 40. The second kappa shape index (κ2) is 62.5. The lowest BCUT2D eigenvalue weighted by molar-refractivity contribution is -0.161. The van der Waals surface area contributed by atoms with Crippen LogP contribution in [0.1, 0.15) is 356 Å². The second-order valence-electron chi connectivity index (χ2n) is 25.2. The third-order valence-electron chi connectivity index (χ3n) is 16.4. The average Bonchev–Trinajstić information content (AvgIpc) is 3.50. The van der Waals surface area contributed by atoms with Crippen molar-refractivity contribution in [2.45, 2.75) is 374 Å². The predicted octanol–water partition coefficient (Wildman–Crippen LogP) is 19.7. The van der Waals surface area contributed by atoms with Gasteiger partial charge in [0.25, 0.3) is 0 Å². The van der Waals surface area contributed by atoms with Crippen molar-refractivity contribution in [1.82, 2.24) is 0 Å². The summed E-state index contributed by atoms with van der Waals surface area (Å²) in [6.45, 7) is 7.15. The Morgan fingerprint density at radius 3 is 0.807 bits per heavy atom. The van der Waals surface area contributed by atoms with Crippen molar-refractivity contribution in [3.63, 3.8) is 0 Å². The van der Waals surface area contributed by atoms with E-state index in [1.807, 2.05) is 0 Å². The van der Waals surface area contributed by atoms with Gasteiger partial charge in [0.1, 0.15) is 19.3 Å². The van der Waals surface area contributed by atoms with Gasteiger partial charge in [0.05, 0.1) is 26.4 Å². The maximum absolute atomic E-state index is 13.0. The largest absolute Gasteiger partial charge is 0.472 e. The topological polar surface area (TPSA) is 237 Å². The molecule has 0 spiro atoms. The number of hydrogen-bond acceptors (Lipinski definition) is 15. The van der Waals surface area contributed by atoms with Gasteiger partial charge >= 0.3 is 39.5 Å². The van der Waals surface area contributed by atoms with E-state index in [2.05, 4.69) is 34.6 Å². The molecule has 17 nitrogen and oxygen atoms in total. The van der Waals surface area contributed by atoms with Crippen LogP contribution in [-0.2, 0) is 65.4 Å². The molecule has 0 bridgehead atoms. The minimum atomic E-state index is -4.95. The second-order valence-corrected chi connectivity index (χ2v) is 28.1. The van der Waals surface area contributed by atoms with Gasteiger partial charge in [-0.3, -0.25) is 37.3 Å². The van der Waals surface area contributed by atoms with E-state index in [-0.39, 0.29) is 25.7 Å². The standard InChI is InChI=1S/C69H134O17P2/c1-6-10-13-16-18-20-22-24-25-26-27-28-30-32-34-39-44-49-54-68(73)86-65(59-80-67(72)53-48-43-38-33-31-29-23-21-19-17-14-11-7-2)61-84-88(77,78)82-57-63(70)56-81-87(75,76)83-60-64(58-79-66(71)52-47-41-15-12-8-3)85-69(74)55-50-45-40-36-35-37-42-46-51-62(5)9-4/h62-65,70H,6-61H2,1-5H3,(H,75,76)(H,77,78)/t62?,63-,64+,65+/m0/s1. The number of phosphoric ester groups is 2. The molecule has 0 fully saturated rings. The van der Waals surface area contributed by atoms with E-state index in [0.717, 1.165) is 102 Å². The van der Waals surface area contributed by atoms with E-state index in [1.165, 1.54) is 173 Å². The first-order valence-electron chi connectivity index (χ1n) is 36.2. The number of aliphatic hydroxyl groups excluding tert-OH is 1. The fraction of sp³-hybridized carbons (Fsp3) is 0.942. The van der Waals surface area contributed by atoms with E-state index in [1.54, 1.807) is 0 Å². The summed E-state index contributed by atoms with van der Waals surface area (Å²) in [6, 6.07) is 0. The van der Waals surface area contributed by atoms with Gasteiger partial charge < -0.3 is 33.8 Å². The van der Waals surface area contributed by atoms with Crippen LogP contribution in [0.3, 0.4) is 0 Å². The summed E-state index contributed by atoms with van der Waals surface area (Å²) in [5.41, 5.74) is 0. The van der Waals surface area contributed by atoms with Gasteiger partial charge in [-0.05, 0) is 31.6 Å². The summed E-state index contributed by atoms with van der Waals surface area (Å²) in [7, 11) is -9.89. The van der Waals surface area contributed by atoms with Crippen molar-refractivity contribution in [2.75, 3.05) is 39.6 Å². The van der Waals surface area contributed by atoms with Gasteiger partial charge in [-0.1, -0.05) is 304 Å². The molecular formula is C69H134O17P2. The Morgan fingerprint density at radius 2 is 0.545 bits per heavy atom. The SMILES string of the molecule is CCCCCCCCCCCCCCCCCCCCC(=O)O[C@H](COC(=O)CCCCCCCCCCCCCCC)COP(=O)(O)OC[C@@H](O)COP(=O)(O)OC[C@@H](COC(=O)CCCCCCC)OC(=O)CCCCCCCCCCC(C)CC. The maximum Gasteiger partial charge on any atom is 0.472 e. The number of carbonyl (C=O) groups is 4. The smallest absolute Gasteiger partial charge is 0.462 e. The summed E-state index contributed by atoms with van der Waals surface area (Å²) in [6.07, 6.45) is 48.9. The Morgan fingerprint density at radius 1 is 0.318 bits per heavy atom. The first kappa shape index (κ1) is 86.1. The molecule has 0 aromatic carbocycles. The highest BCUT2D eigenvalue weighted by molar-refractivity contribution is 7.47. The number of phosphoric acid groups is 2. The molecule has 6 atom stereocenters. The Labute approximate surface area is 537 Å². The average molecular weight is 1300 g/mol. The Kier molecular flexibility index (Phi) is 61.1. The fourth-order valence-electron chi connectivity index (χ4n) is 10.4. The molecule has 0 aliphatic rings. The van der Waals surface area contributed by atoms with Crippen LogP contribution >= 0.6 is 15.6 Å². The van der Waals surface area contributed by atoms with Crippen molar-refractivity contribution in [2.24, 2.45) is 5.92 Å². The van der Waals surface area contributed by atoms with E-state index < -0.39 is 97.5 Å². The van der Waals surface area contributed by atoms with Crippen LogP contribution in [0.5, 0.6) is 0 Å². The highest BCUT2D eigenvalue weighted by Gasteiger charge is 2.30. The monoisotopic (exact) mass is 1300 g/mol. The molecule has 522 valence electrons. The molecule has 0 aliphatic carbocycles. The quantitative estimate of drug-likeness (QED) is 0.0222. The molecule has 19 heteroatoms. The van der Waals surface area contributed by atoms with Gasteiger partial charge in [-0.15, -0.1) is 0 Å². The normalized spacial score (nSPS) is 14.4. The number of hydrogen-bond donors (Lipinski definition) is 3. The number of ether oxygens (including phenoxy) is 4. The highest BCUT2D eigenvalue weighted by Crippen LogP contribution is 2.45. The Bertz CT molecular complexity index is 1710. The van der Waals surface area contributed by atoms with Gasteiger partial charge in [0.2, 0.25) is 0 Å². The van der Waals surface area contributed by atoms with Gasteiger partial charge in [-0.2, -0.15) is 0 Å². The van der Waals surface area contributed by atoms with Crippen molar-refractivity contribution in [3.05, 3.63) is 0 Å². The molecule has 0 saturated carbocycles. The fourth-order valence-corrected chi connectivity index (χ4v) is 12.0. The molecular weight excluding hydrogens is 1160 g/mol. The van der Waals surface area contributed by atoms with Crippen LogP contribution < -0.4 is 0 Å². The summed E-state index contributed by atoms with van der Waals surface area (Å²) in [4.78, 5) is 72.2. The highest BCUT2D eigenvalue weighted by atomic mass is 31.2. The van der Waals surface area contributed by atoms with Gasteiger partial charge in [0, 0.05) is 25.7 Å². The molecule has 0 aromatic rings. The van der Waals surface area contributed by atoms with Crippen molar-refractivity contribution in [3.8, 4) is 0 Å². The number of aliphatic hydroxyl groups is 1. The van der Waals surface area contributed by atoms with Gasteiger partial charge in [0.15, 0.2) is 12.2 Å². The molecule has 0 rings (SSSR count). The summed E-state index contributed by atoms with van der Waals surface area (Å²) < 4.78 is 68.0. The molecule has 88 heavy (non-hydrogen) atoms. The minimum absolute atomic E-state index is 0.104. The minimum Gasteiger partial charge on any atom is -0.462 e. The Hall–Kier alpha value is -1.94. The zero-order valence-corrected chi connectivity index (χ0v) is 58.6. The maximum atomic E-state index is 13.0. The van der Waals surface area contributed by atoms with E-state index in [4.69, 9.17) is 37.0 Å². The van der Waals surface area contributed by atoms with Crippen molar-refractivity contribution >= 4 is 39.5 Å². The predicted molar refractivity (Wildman–Crippen MR) is 354 cm³/mol. The third kappa shape index (κ3) is 61.6. The molecule has 0 heterocycles. The van der Waals surface area contributed by atoms with Crippen LogP contribution in [-0.4, -0.2) is 96.7 Å². The van der Waals surface area contributed by atoms with Crippen molar-refractivity contribution in [1.29, 1.82) is 0 Å². The number of rotatable bonds is 69. The third-order valence-corrected chi connectivity index (χ3v) is 18.3. The Balaban J connectivity index is 5.15. The molecule has 0 aromatic heterocycles. The summed E-state index contributed by atoms with van der Waals surface area (Å²) in [5.74, 6) is -1.37. The molecule has 0 radical (unpaired) electrons. The molecule has 0 saturated heterocycles. The van der Waals surface area contributed by atoms with Crippen LogP contribution in [0.2, 0.25) is 0 Å². The summed E-state index contributed by atoms with van der Waals surface area (Å²) >= 11 is 0. The number of carbonyl (C=O) groups excluding carboxylic acids is 4. The zero-order valence-electron chi connectivity index (χ0n) is 56.9. The first-order chi connectivity index (χ1) is 42.6. The lowest BCUT2D eigenvalue weighted by Gasteiger charge is -2.21. The number of esters is 4. The van der Waals surface area contributed by atoms with Crippen LogP contribution in [0.15, 0.2) is 0 Å². The molecule has 0 amide bonds. The van der Waals surface area contributed by atoms with Gasteiger partial charge in [-0.25, -0.2) is 9.13 Å². The van der Waals surface area contributed by atoms with E-state index >= 15 is 0 Å². The lowest BCUT2D eigenvalue weighted by Crippen LogP contribution is -2.30. The first-order valence-corrected chi connectivity index (χ1v) is 39.2. The molecule has 3 N–H and O–H groups in total. The van der Waals surface area contributed by atoms with Crippen LogP contribution in [0.25, 0.3) is 0 Å². The van der Waals surface area contributed by atoms with E-state index in [0.29, 0.717) is 25.7 Å². The summed E-state index contributed by atoms with van der Waals surface area (Å²) in [5, 5.41) is 10.5. The van der Waals surface area contributed by atoms with Crippen LogP contribution in [0.4, 0.5) is 0 Å². The van der Waals surface area contributed by atoms with E-state index in [9.17, 15) is 43.2 Å². The lowest BCUT2D eigenvalue weighted by atomic mass is 9.99. The molecule has 0 aliphatic heterocycles. The van der Waals surface area contributed by atoms with Crippen molar-refractivity contribution < 1.29 is 80.2 Å². The molecule has 3 unspecified atom stereocenters. The zero-order chi connectivity index (χ0) is 64.9. The van der Waals surface area contributed by atoms with Crippen LogP contribution in [0, 0.1) is 5.92 Å².